The molecule has 0 atom stereocenters. The van der Waals surface area contributed by atoms with Crippen molar-refractivity contribution >= 4 is 0 Å². The predicted octanol–water partition coefficient (Wildman–Crippen LogP) is 6.32. The molecular formula is C20H10F6N2. The zero-order valence-corrected chi connectivity index (χ0v) is 13.9. The van der Waals surface area contributed by atoms with Crippen LogP contribution in [0.3, 0.4) is 0 Å². The van der Waals surface area contributed by atoms with Crippen LogP contribution in [-0.4, -0.2) is 4.98 Å². The van der Waals surface area contributed by atoms with E-state index in [2.05, 4.69) is 4.98 Å². The molecule has 0 radical (unpaired) electrons. The van der Waals surface area contributed by atoms with Crippen LogP contribution < -0.4 is 0 Å². The van der Waals surface area contributed by atoms with Crippen molar-refractivity contribution in [1.29, 1.82) is 5.26 Å². The number of benzene rings is 2. The predicted molar refractivity (Wildman–Crippen MR) is 89.8 cm³/mol. The molecule has 0 bridgehead atoms. The van der Waals surface area contributed by atoms with Gasteiger partial charge in [-0.2, -0.15) is 31.6 Å². The maximum atomic E-state index is 13.0. The Kier molecular flexibility index (Phi) is 4.86. The largest absolute Gasteiger partial charge is 0.416 e. The van der Waals surface area contributed by atoms with Crippen LogP contribution in [0.4, 0.5) is 26.3 Å². The molecule has 28 heavy (non-hydrogen) atoms. The van der Waals surface area contributed by atoms with Crippen molar-refractivity contribution in [3.63, 3.8) is 0 Å². The van der Waals surface area contributed by atoms with E-state index in [1.165, 1.54) is 30.3 Å². The molecule has 0 spiro atoms. The first kappa shape index (κ1) is 19.4. The van der Waals surface area contributed by atoms with Gasteiger partial charge >= 0.3 is 12.4 Å². The van der Waals surface area contributed by atoms with Crippen LogP contribution in [0, 0.1) is 11.3 Å². The fourth-order valence-corrected chi connectivity index (χ4v) is 2.68. The zero-order chi connectivity index (χ0) is 20.5. The SMILES string of the molecule is N#Cc1cnc(-c2cccc(C(F)(F)F)c2)c(-c2cccc(C(F)(F)F)c2)c1. The molecule has 142 valence electrons. The van der Waals surface area contributed by atoms with Crippen LogP contribution in [0.15, 0.2) is 60.8 Å². The second-order valence-electron chi connectivity index (χ2n) is 5.89. The van der Waals surface area contributed by atoms with E-state index in [4.69, 9.17) is 5.26 Å². The molecule has 1 heterocycles. The molecule has 8 heteroatoms. The lowest BCUT2D eigenvalue weighted by molar-refractivity contribution is -0.138. The number of alkyl halides is 6. The Morgan fingerprint density at radius 3 is 1.82 bits per heavy atom. The average Bonchev–Trinajstić information content (AvgIpc) is 2.66. The molecule has 0 unspecified atom stereocenters. The monoisotopic (exact) mass is 392 g/mol. The molecule has 2 aromatic carbocycles. The lowest BCUT2D eigenvalue weighted by atomic mass is 9.96. The molecule has 0 aliphatic carbocycles. The highest BCUT2D eigenvalue weighted by Crippen LogP contribution is 2.37. The Morgan fingerprint density at radius 1 is 0.750 bits per heavy atom. The molecular weight excluding hydrogens is 382 g/mol. The van der Waals surface area contributed by atoms with Crippen LogP contribution in [-0.2, 0) is 12.4 Å². The Morgan fingerprint density at radius 2 is 1.29 bits per heavy atom. The summed E-state index contributed by atoms with van der Waals surface area (Å²) >= 11 is 0. The fraction of sp³-hybridized carbons (Fsp3) is 0.100. The third-order valence-corrected chi connectivity index (χ3v) is 3.98. The average molecular weight is 392 g/mol. The number of hydrogen-bond donors (Lipinski definition) is 0. The highest BCUT2D eigenvalue weighted by molar-refractivity contribution is 5.82. The molecule has 2 nitrogen and oxygen atoms in total. The van der Waals surface area contributed by atoms with Crippen molar-refractivity contribution in [3.05, 3.63) is 77.5 Å². The number of aromatic nitrogens is 1. The molecule has 0 aliphatic rings. The molecule has 3 rings (SSSR count). The van der Waals surface area contributed by atoms with Gasteiger partial charge in [-0.25, -0.2) is 0 Å². The van der Waals surface area contributed by atoms with Gasteiger partial charge in [0.05, 0.1) is 22.4 Å². The summed E-state index contributed by atoms with van der Waals surface area (Å²) in [5.74, 6) is 0. The van der Waals surface area contributed by atoms with Crippen molar-refractivity contribution in [2.24, 2.45) is 0 Å². The van der Waals surface area contributed by atoms with Gasteiger partial charge in [0.25, 0.3) is 0 Å². The second-order valence-corrected chi connectivity index (χ2v) is 5.89. The summed E-state index contributed by atoms with van der Waals surface area (Å²) in [6.45, 7) is 0. The first-order chi connectivity index (χ1) is 13.1. The normalized spacial score (nSPS) is 11.9. The summed E-state index contributed by atoms with van der Waals surface area (Å²) in [6.07, 6.45) is -8.02. The number of nitrogens with zero attached hydrogens (tertiary/aromatic N) is 2. The van der Waals surface area contributed by atoms with E-state index in [1.54, 1.807) is 0 Å². The summed E-state index contributed by atoms with van der Waals surface area (Å²) < 4.78 is 78.2. The number of hydrogen-bond acceptors (Lipinski definition) is 2. The lowest BCUT2D eigenvalue weighted by Gasteiger charge is -2.14. The van der Waals surface area contributed by atoms with Crippen molar-refractivity contribution < 1.29 is 26.3 Å². The van der Waals surface area contributed by atoms with Crippen LogP contribution in [0.25, 0.3) is 22.4 Å². The first-order valence-corrected chi connectivity index (χ1v) is 7.85. The van der Waals surface area contributed by atoms with E-state index in [9.17, 15) is 26.3 Å². The van der Waals surface area contributed by atoms with Crippen LogP contribution in [0.5, 0.6) is 0 Å². The number of halogens is 6. The Labute approximate surface area is 155 Å². The summed E-state index contributed by atoms with van der Waals surface area (Å²) in [5, 5.41) is 9.09. The van der Waals surface area contributed by atoms with Crippen molar-refractivity contribution in [3.8, 4) is 28.5 Å². The maximum Gasteiger partial charge on any atom is 0.416 e. The van der Waals surface area contributed by atoms with E-state index in [-0.39, 0.29) is 27.9 Å². The van der Waals surface area contributed by atoms with Crippen molar-refractivity contribution in [2.75, 3.05) is 0 Å². The molecule has 0 aliphatic heterocycles. The van der Waals surface area contributed by atoms with Crippen molar-refractivity contribution in [1.82, 2.24) is 4.98 Å². The van der Waals surface area contributed by atoms with E-state index >= 15 is 0 Å². The van der Waals surface area contributed by atoms with Gasteiger partial charge in [-0.15, -0.1) is 0 Å². The number of rotatable bonds is 2. The van der Waals surface area contributed by atoms with Gasteiger partial charge in [0.2, 0.25) is 0 Å². The standard InChI is InChI=1S/C20H10F6N2/c21-19(22,23)15-5-1-3-13(8-15)17-7-12(10-27)11-28-18(17)14-4-2-6-16(9-14)20(24,25)26/h1-9,11H. The topological polar surface area (TPSA) is 36.7 Å². The highest BCUT2D eigenvalue weighted by atomic mass is 19.4. The minimum Gasteiger partial charge on any atom is -0.254 e. The maximum absolute atomic E-state index is 13.0. The molecule has 0 amide bonds. The van der Waals surface area contributed by atoms with Gasteiger partial charge in [-0.3, -0.25) is 4.98 Å². The molecule has 0 N–H and O–H groups in total. The van der Waals surface area contributed by atoms with Gasteiger partial charge in [-0.1, -0.05) is 24.3 Å². The highest BCUT2D eigenvalue weighted by Gasteiger charge is 2.32. The minimum absolute atomic E-state index is 0.0458. The summed E-state index contributed by atoms with van der Waals surface area (Å²) in [7, 11) is 0. The quantitative estimate of drug-likeness (QED) is 0.478. The van der Waals surface area contributed by atoms with Gasteiger partial charge in [-0.05, 0) is 35.9 Å². The zero-order valence-electron chi connectivity index (χ0n) is 13.9. The van der Waals surface area contributed by atoms with Crippen LogP contribution >= 0.6 is 0 Å². The summed E-state index contributed by atoms with van der Waals surface area (Å²) in [4.78, 5) is 4.04. The second kappa shape index (κ2) is 7.00. The smallest absolute Gasteiger partial charge is 0.254 e. The van der Waals surface area contributed by atoms with E-state index < -0.39 is 23.5 Å². The minimum atomic E-state index is -4.59. The van der Waals surface area contributed by atoms with Crippen LogP contribution in [0.2, 0.25) is 0 Å². The van der Waals surface area contributed by atoms with Crippen molar-refractivity contribution in [2.45, 2.75) is 12.4 Å². The molecule has 1 aromatic heterocycles. The van der Waals surface area contributed by atoms with Gasteiger partial charge < -0.3 is 0 Å². The number of nitriles is 1. The van der Waals surface area contributed by atoms with Gasteiger partial charge in [0.15, 0.2) is 0 Å². The summed E-state index contributed by atoms with van der Waals surface area (Å²) in [6, 6.07) is 11.8. The Balaban J connectivity index is 2.22. The van der Waals surface area contributed by atoms with Gasteiger partial charge in [0, 0.05) is 17.3 Å². The van der Waals surface area contributed by atoms with E-state index in [0.717, 1.165) is 30.5 Å². The van der Waals surface area contributed by atoms with E-state index in [0.29, 0.717) is 0 Å². The lowest BCUT2D eigenvalue weighted by Crippen LogP contribution is -2.05. The Hall–Kier alpha value is -3.34. The molecule has 0 fully saturated rings. The Bertz CT molecular complexity index is 1060. The molecule has 0 saturated heterocycles. The van der Waals surface area contributed by atoms with Gasteiger partial charge in [0.1, 0.15) is 6.07 Å². The molecule has 0 saturated carbocycles. The third-order valence-electron chi connectivity index (χ3n) is 3.98. The molecule has 3 aromatic rings. The first-order valence-electron chi connectivity index (χ1n) is 7.85. The van der Waals surface area contributed by atoms with E-state index in [1.807, 2.05) is 6.07 Å². The summed E-state index contributed by atoms with van der Waals surface area (Å²) in [5.41, 5.74) is -1.41. The number of pyridine rings is 1. The third kappa shape index (κ3) is 3.98. The van der Waals surface area contributed by atoms with Crippen LogP contribution in [0.1, 0.15) is 16.7 Å². The fourth-order valence-electron chi connectivity index (χ4n) is 2.68.